The summed E-state index contributed by atoms with van der Waals surface area (Å²) in [4.78, 5) is 11.8. The molecule has 0 radical (unpaired) electrons. The second-order valence-corrected chi connectivity index (χ2v) is 7.95. The van der Waals surface area contributed by atoms with Gasteiger partial charge in [0.2, 0.25) is 5.91 Å². The number of benzene rings is 1. The molecule has 6 heteroatoms. The zero-order valence-corrected chi connectivity index (χ0v) is 12.9. The van der Waals surface area contributed by atoms with Gasteiger partial charge in [-0.1, -0.05) is 19.3 Å². The molecule has 1 amide bonds. The van der Waals surface area contributed by atoms with Gasteiger partial charge in [-0.05, 0) is 37.1 Å². The molecule has 21 heavy (non-hydrogen) atoms. The monoisotopic (exact) mass is 310 g/mol. The molecule has 0 aliphatic heterocycles. The molecule has 0 heterocycles. The molecule has 3 N–H and O–H groups in total. The number of carbonyl (C=O) groups is 1. The van der Waals surface area contributed by atoms with E-state index in [4.69, 9.17) is 5.73 Å². The highest BCUT2D eigenvalue weighted by molar-refractivity contribution is 7.92. The van der Waals surface area contributed by atoms with Crippen LogP contribution in [0, 0.1) is 0 Å². The first-order valence-corrected chi connectivity index (χ1v) is 9.06. The van der Waals surface area contributed by atoms with Crippen molar-refractivity contribution >= 4 is 27.1 Å². The van der Waals surface area contributed by atoms with Gasteiger partial charge in [0.25, 0.3) is 0 Å². The third-order valence-electron chi connectivity index (χ3n) is 3.87. The van der Waals surface area contributed by atoms with Gasteiger partial charge in [0.05, 0.1) is 11.0 Å². The van der Waals surface area contributed by atoms with Crippen molar-refractivity contribution in [3.8, 4) is 0 Å². The number of hydrogen-bond donors (Lipinski definition) is 2. The van der Waals surface area contributed by atoms with E-state index in [1.807, 2.05) is 0 Å². The first-order chi connectivity index (χ1) is 9.97. The van der Waals surface area contributed by atoms with Crippen molar-refractivity contribution in [1.82, 2.24) is 0 Å². The van der Waals surface area contributed by atoms with Crippen LogP contribution >= 0.6 is 0 Å². The lowest BCUT2D eigenvalue weighted by Crippen LogP contribution is -2.28. The number of nitrogens with two attached hydrogens (primary N) is 1. The molecule has 0 unspecified atom stereocenters. The number of anilines is 2. The maximum Gasteiger partial charge on any atom is 0.225 e. The fourth-order valence-corrected chi connectivity index (χ4v) is 4.47. The largest absolute Gasteiger partial charge is 0.399 e. The topological polar surface area (TPSA) is 89.3 Å². The number of nitrogen functional groups attached to an aromatic ring is 1. The molecule has 0 bridgehead atoms. The summed E-state index contributed by atoms with van der Waals surface area (Å²) in [6.07, 6.45) is 4.54. The highest BCUT2D eigenvalue weighted by Gasteiger charge is 2.27. The summed E-state index contributed by atoms with van der Waals surface area (Å²) in [5, 5.41) is 2.43. The van der Waals surface area contributed by atoms with Crippen LogP contribution in [0.25, 0.3) is 0 Å². The molecular formula is C15H22N2O3S. The Morgan fingerprint density at radius 1 is 1.14 bits per heavy atom. The molecule has 1 aromatic carbocycles. The minimum atomic E-state index is -3.16. The molecule has 116 valence electrons. The van der Waals surface area contributed by atoms with E-state index in [0.29, 0.717) is 11.4 Å². The van der Waals surface area contributed by atoms with Crippen molar-refractivity contribution < 1.29 is 13.2 Å². The number of carbonyl (C=O) groups excluding carboxylic acids is 1. The Morgan fingerprint density at radius 3 is 2.38 bits per heavy atom. The summed E-state index contributed by atoms with van der Waals surface area (Å²) in [5.74, 6) is -0.350. The van der Waals surface area contributed by atoms with Gasteiger partial charge in [0.1, 0.15) is 0 Å². The minimum absolute atomic E-state index is 0.00318. The van der Waals surface area contributed by atoms with Crippen molar-refractivity contribution in [2.75, 3.05) is 16.8 Å². The average molecular weight is 310 g/mol. The Labute approximate surface area is 125 Å². The molecule has 0 aromatic heterocycles. The molecule has 1 aliphatic carbocycles. The first kappa shape index (κ1) is 15.8. The van der Waals surface area contributed by atoms with Crippen LogP contribution in [-0.2, 0) is 14.6 Å². The fourth-order valence-electron chi connectivity index (χ4n) is 2.62. The molecule has 1 aliphatic rings. The first-order valence-electron chi connectivity index (χ1n) is 7.34. The second kappa shape index (κ2) is 6.93. The van der Waals surface area contributed by atoms with Crippen molar-refractivity contribution in [2.45, 2.75) is 43.8 Å². The summed E-state index contributed by atoms with van der Waals surface area (Å²) in [7, 11) is -3.16. The number of nitrogens with one attached hydrogen (secondary N) is 1. The number of hydrogen-bond acceptors (Lipinski definition) is 4. The van der Waals surface area contributed by atoms with E-state index < -0.39 is 9.84 Å². The predicted octanol–water partition coefficient (Wildman–Crippen LogP) is 2.34. The highest BCUT2D eigenvalue weighted by Crippen LogP contribution is 2.24. The number of amides is 1. The third kappa shape index (κ3) is 4.74. The Morgan fingerprint density at radius 2 is 1.76 bits per heavy atom. The van der Waals surface area contributed by atoms with E-state index >= 15 is 0 Å². The van der Waals surface area contributed by atoms with E-state index in [1.165, 1.54) is 0 Å². The number of rotatable bonds is 5. The quantitative estimate of drug-likeness (QED) is 0.817. The molecule has 1 saturated carbocycles. The maximum atomic E-state index is 12.2. The lowest BCUT2D eigenvalue weighted by molar-refractivity contribution is -0.115. The standard InChI is InChI=1S/C15H22N2O3S/c16-12-6-8-13(9-7-12)17-15(18)10-11-21(19,20)14-4-2-1-3-5-14/h6-9,14H,1-5,10-11,16H2,(H,17,18). The Kier molecular flexibility index (Phi) is 5.22. The van der Waals surface area contributed by atoms with E-state index in [-0.39, 0.29) is 23.3 Å². The van der Waals surface area contributed by atoms with Crippen LogP contribution in [0.15, 0.2) is 24.3 Å². The SMILES string of the molecule is Nc1ccc(NC(=O)CCS(=O)(=O)C2CCCCC2)cc1. The molecule has 2 rings (SSSR count). The van der Waals surface area contributed by atoms with Crippen LogP contribution in [0.5, 0.6) is 0 Å². The normalized spacial score (nSPS) is 16.6. The van der Waals surface area contributed by atoms with Gasteiger partial charge in [-0.2, -0.15) is 0 Å². The zero-order chi connectivity index (χ0) is 15.3. The van der Waals surface area contributed by atoms with E-state index in [9.17, 15) is 13.2 Å². The summed E-state index contributed by atoms with van der Waals surface area (Å²) >= 11 is 0. The summed E-state index contributed by atoms with van der Waals surface area (Å²) in [6.45, 7) is 0. The van der Waals surface area contributed by atoms with E-state index in [2.05, 4.69) is 5.32 Å². The molecule has 0 saturated heterocycles. The van der Waals surface area contributed by atoms with Crippen molar-refractivity contribution in [2.24, 2.45) is 0 Å². The van der Waals surface area contributed by atoms with Gasteiger partial charge in [-0.15, -0.1) is 0 Å². The summed E-state index contributed by atoms with van der Waals surface area (Å²) in [6, 6.07) is 6.77. The van der Waals surface area contributed by atoms with E-state index in [1.54, 1.807) is 24.3 Å². The molecular weight excluding hydrogens is 288 g/mol. The maximum absolute atomic E-state index is 12.2. The van der Waals surface area contributed by atoms with Gasteiger partial charge in [0.15, 0.2) is 9.84 Å². The minimum Gasteiger partial charge on any atom is -0.399 e. The van der Waals surface area contributed by atoms with Crippen LogP contribution in [0.2, 0.25) is 0 Å². The van der Waals surface area contributed by atoms with Gasteiger partial charge in [0, 0.05) is 17.8 Å². The van der Waals surface area contributed by atoms with Crippen LogP contribution in [0.1, 0.15) is 38.5 Å². The molecule has 0 atom stereocenters. The van der Waals surface area contributed by atoms with Crippen LogP contribution in [0.3, 0.4) is 0 Å². The van der Waals surface area contributed by atoms with Gasteiger partial charge in [-0.25, -0.2) is 8.42 Å². The van der Waals surface area contributed by atoms with Crippen molar-refractivity contribution in [1.29, 1.82) is 0 Å². The van der Waals surface area contributed by atoms with Crippen LogP contribution < -0.4 is 11.1 Å². The van der Waals surface area contributed by atoms with E-state index in [0.717, 1.165) is 32.1 Å². The summed E-state index contributed by atoms with van der Waals surface area (Å²) < 4.78 is 24.4. The Hall–Kier alpha value is -1.56. The Bertz CT molecular complexity index is 575. The highest BCUT2D eigenvalue weighted by atomic mass is 32.2. The second-order valence-electron chi connectivity index (χ2n) is 5.55. The molecule has 0 spiro atoms. The van der Waals surface area contributed by atoms with Crippen molar-refractivity contribution in [3.05, 3.63) is 24.3 Å². The lowest BCUT2D eigenvalue weighted by atomic mass is 10.0. The van der Waals surface area contributed by atoms with Gasteiger partial charge in [-0.3, -0.25) is 4.79 Å². The molecule has 1 fully saturated rings. The Balaban J connectivity index is 1.84. The summed E-state index contributed by atoms with van der Waals surface area (Å²) in [5.41, 5.74) is 6.81. The number of sulfone groups is 1. The van der Waals surface area contributed by atoms with Crippen molar-refractivity contribution in [3.63, 3.8) is 0 Å². The fraction of sp³-hybridized carbons (Fsp3) is 0.533. The average Bonchev–Trinajstić information content (AvgIpc) is 2.49. The van der Waals surface area contributed by atoms with Gasteiger partial charge < -0.3 is 11.1 Å². The predicted molar refractivity (Wildman–Crippen MR) is 84.8 cm³/mol. The molecule has 1 aromatic rings. The van der Waals surface area contributed by atoms with Gasteiger partial charge >= 0.3 is 0 Å². The zero-order valence-electron chi connectivity index (χ0n) is 12.0. The van der Waals surface area contributed by atoms with Crippen LogP contribution in [0.4, 0.5) is 11.4 Å². The lowest BCUT2D eigenvalue weighted by Gasteiger charge is -2.21. The molecule has 5 nitrogen and oxygen atoms in total. The smallest absolute Gasteiger partial charge is 0.225 e. The third-order valence-corrected chi connectivity index (χ3v) is 6.13. The van der Waals surface area contributed by atoms with Crippen LogP contribution in [-0.4, -0.2) is 25.3 Å².